The number of hydrogen-bond acceptors (Lipinski definition) is 5. The molecule has 8 heteroatoms. The van der Waals surface area contributed by atoms with E-state index in [9.17, 15) is 14.0 Å². The van der Waals surface area contributed by atoms with Gasteiger partial charge in [0.1, 0.15) is 5.82 Å². The summed E-state index contributed by atoms with van der Waals surface area (Å²) < 4.78 is 12.9. The molecule has 0 radical (unpaired) electrons. The van der Waals surface area contributed by atoms with Gasteiger partial charge in [-0.15, -0.1) is 0 Å². The summed E-state index contributed by atoms with van der Waals surface area (Å²) in [7, 11) is 0. The van der Waals surface area contributed by atoms with Crippen LogP contribution in [0.5, 0.6) is 0 Å². The summed E-state index contributed by atoms with van der Waals surface area (Å²) in [6.45, 7) is 4.12. The first-order chi connectivity index (χ1) is 12.0. The third-order valence-corrected chi connectivity index (χ3v) is 4.01. The molecule has 1 fully saturated rings. The minimum atomic E-state index is -0.365. The Labute approximate surface area is 144 Å². The highest BCUT2D eigenvalue weighted by Crippen LogP contribution is 2.13. The van der Waals surface area contributed by atoms with E-state index in [-0.39, 0.29) is 17.6 Å². The molecule has 0 spiro atoms. The van der Waals surface area contributed by atoms with E-state index in [0.717, 1.165) is 0 Å². The number of nitrogens with zero attached hydrogens (tertiary/aromatic N) is 4. The standard InChI is InChI=1S/C17H18FN5O2/c1-12(24)22-6-8-23(9-7-22)17-19-10-13(11-20-17)16(25)21-15-4-2-14(18)3-5-15/h2-5,10-11H,6-9H2,1H3,(H,21,25). The first-order valence-electron chi connectivity index (χ1n) is 7.92. The van der Waals surface area contributed by atoms with E-state index < -0.39 is 0 Å². The molecule has 0 unspecified atom stereocenters. The van der Waals surface area contributed by atoms with Crippen LogP contribution >= 0.6 is 0 Å². The summed E-state index contributed by atoms with van der Waals surface area (Å²) in [5, 5.41) is 2.66. The topological polar surface area (TPSA) is 78.4 Å². The summed E-state index contributed by atoms with van der Waals surface area (Å²) >= 11 is 0. The van der Waals surface area contributed by atoms with Crippen LogP contribution in [-0.2, 0) is 4.79 Å². The van der Waals surface area contributed by atoms with Gasteiger partial charge in [-0.3, -0.25) is 9.59 Å². The zero-order valence-corrected chi connectivity index (χ0v) is 13.8. The number of carbonyl (C=O) groups is 2. The van der Waals surface area contributed by atoms with Crippen molar-refractivity contribution in [3.05, 3.63) is 48.0 Å². The second-order valence-electron chi connectivity index (χ2n) is 5.73. The molecule has 1 N–H and O–H groups in total. The molecule has 25 heavy (non-hydrogen) atoms. The number of rotatable bonds is 3. The number of anilines is 2. The van der Waals surface area contributed by atoms with E-state index in [0.29, 0.717) is 43.4 Å². The van der Waals surface area contributed by atoms with E-state index in [4.69, 9.17) is 0 Å². The number of hydrogen-bond donors (Lipinski definition) is 1. The van der Waals surface area contributed by atoms with Crippen molar-refractivity contribution in [1.82, 2.24) is 14.9 Å². The van der Waals surface area contributed by atoms with Gasteiger partial charge in [0.15, 0.2) is 0 Å². The molecule has 2 amide bonds. The maximum absolute atomic E-state index is 12.9. The van der Waals surface area contributed by atoms with Gasteiger partial charge in [-0.25, -0.2) is 14.4 Å². The summed E-state index contributed by atoms with van der Waals surface area (Å²) in [4.78, 5) is 35.7. The molecule has 0 aliphatic carbocycles. The van der Waals surface area contributed by atoms with Gasteiger partial charge in [-0.1, -0.05) is 0 Å². The van der Waals surface area contributed by atoms with Gasteiger partial charge in [-0.05, 0) is 24.3 Å². The van der Waals surface area contributed by atoms with Crippen molar-refractivity contribution < 1.29 is 14.0 Å². The Bertz CT molecular complexity index is 756. The van der Waals surface area contributed by atoms with Crippen LogP contribution in [0, 0.1) is 5.82 Å². The number of aromatic nitrogens is 2. The van der Waals surface area contributed by atoms with Crippen LogP contribution in [0.15, 0.2) is 36.7 Å². The maximum Gasteiger partial charge on any atom is 0.258 e. The Kier molecular flexibility index (Phi) is 4.87. The second-order valence-corrected chi connectivity index (χ2v) is 5.73. The molecule has 2 aromatic rings. The summed E-state index contributed by atoms with van der Waals surface area (Å²) in [5.74, 6) is -0.134. The predicted molar refractivity (Wildman–Crippen MR) is 90.9 cm³/mol. The summed E-state index contributed by atoms with van der Waals surface area (Å²) in [6, 6.07) is 5.51. The van der Waals surface area contributed by atoms with Crippen LogP contribution in [0.3, 0.4) is 0 Å². The number of carbonyl (C=O) groups excluding carboxylic acids is 2. The number of nitrogens with one attached hydrogen (secondary N) is 1. The highest BCUT2D eigenvalue weighted by molar-refractivity contribution is 6.03. The summed E-state index contributed by atoms with van der Waals surface area (Å²) in [6.07, 6.45) is 2.91. The van der Waals surface area contributed by atoms with Crippen molar-refractivity contribution in [3.63, 3.8) is 0 Å². The Morgan fingerprint density at radius 2 is 1.64 bits per heavy atom. The average molecular weight is 343 g/mol. The van der Waals surface area contributed by atoms with E-state index in [1.165, 1.54) is 36.7 Å². The molecule has 3 rings (SSSR count). The molecule has 0 atom stereocenters. The SMILES string of the molecule is CC(=O)N1CCN(c2ncc(C(=O)Nc3ccc(F)cc3)cn2)CC1. The third kappa shape index (κ3) is 4.09. The Hall–Kier alpha value is -3.03. The fraction of sp³-hybridized carbons (Fsp3) is 0.294. The third-order valence-electron chi connectivity index (χ3n) is 4.01. The molecular formula is C17H18FN5O2. The van der Waals surface area contributed by atoms with Gasteiger partial charge in [-0.2, -0.15) is 0 Å². The maximum atomic E-state index is 12.9. The van der Waals surface area contributed by atoms with E-state index in [1.54, 1.807) is 11.8 Å². The van der Waals surface area contributed by atoms with Crippen LogP contribution in [0.1, 0.15) is 17.3 Å². The minimum Gasteiger partial charge on any atom is -0.339 e. The largest absolute Gasteiger partial charge is 0.339 e. The lowest BCUT2D eigenvalue weighted by Gasteiger charge is -2.34. The van der Waals surface area contributed by atoms with Crippen molar-refractivity contribution in [1.29, 1.82) is 0 Å². The van der Waals surface area contributed by atoms with Crippen LogP contribution in [0.2, 0.25) is 0 Å². The van der Waals surface area contributed by atoms with Gasteiger partial charge in [0.25, 0.3) is 5.91 Å². The lowest BCUT2D eigenvalue weighted by atomic mass is 10.2. The normalized spacial score (nSPS) is 14.3. The van der Waals surface area contributed by atoms with Crippen LogP contribution in [0.4, 0.5) is 16.0 Å². The molecule has 0 saturated carbocycles. The molecule has 1 aromatic heterocycles. The van der Waals surface area contributed by atoms with Crippen LogP contribution < -0.4 is 10.2 Å². The monoisotopic (exact) mass is 343 g/mol. The van der Waals surface area contributed by atoms with E-state index in [2.05, 4.69) is 15.3 Å². The lowest BCUT2D eigenvalue weighted by Crippen LogP contribution is -2.48. The molecule has 1 aromatic carbocycles. The molecule has 1 aliphatic rings. The van der Waals surface area contributed by atoms with E-state index >= 15 is 0 Å². The molecular weight excluding hydrogens is 325 g/mol. The lowest BCUT2D eigenvalue weighted by molar-refractivity contribution is -0.129. The first-order valence-corrected chi connectivity index (χ1v) is 7.92. The second kappa shape index (κ2) is 7.25. The van der Waals surface area contributed by atoms with Gasteiger partial charge >= 0.3 is 0 Å². The van der Waals surface area contributed by atoms with Crippen LogP contribution in [-0.4, -0.2) is 52.9 Å². The quantitative estimate of drug-likeness (QED) is 0.914. The minimum absolute atomic E-state index is 0.0633. The first kappa shape index (κ1) is 16.8. The summed E-state index contributed by atoms with van der Waals surface area (Å²) in [5.41, 5.74) is 0.811. The number of benzene rings is 1. The molecule has 1 saturated heterocycles. The Balaban J connectivity index is 1.61. The number of amides is 2. The van der Waals surface area contributed by atoms with Crippen molar-refractivity contribution >= 4 is 23.5 Å². The van der Waals surface area contributed by atoms with Gasteiger partial charge in [0.05, 0.1) is 5.56 Å². The fourth-order valence-electron chi connectivity index (χ4n) is 2.56. The van der Waals surface area contributed by atoms with Crippen molar-refractivity contribution in [2.75, 3.05) is 36.4 Å². The average Bonchev–Trinajstić information content (AvgIpc) is 2.64. The van der Waals surface area contributed by atoms with Gasteiger partial charge in [0, 0.05) is 51.2 Å². The predicted octanol–water partition coefficient (Wildman–Crippen LogP) is 1.54. The molecule has 2 heterocycles. The molecule has 7 nitrogen and oxygen atoms in total. The molecule has 130 valence electrons. The Morgan fingerprint density at radius 1 is 1.04 bits per heavy atom. The van der Waals surface area contributed by atoms with Crippen molar-refractivity contribution in [3.8, 4) is 0 Å². The Morgan fingerprint density at radius 3 is 2.20 bits per heavy atom. The zero-order chi connectivity index (χ0) is 17.8. The highest BCUT2D eigenvalue weighted by Gasteiger charge is 2.20. The van der Waals surface area contributed by atoms with Crippen molar-refractivity contribution in [2.24, 2.45) is 0 Å². The number of piperazine rings is 1. The number of halogens is 1. The highest BCUT2D eigenvalue weighted by atomic mass is 19.1. The van der Waals surface area contributed by atoms with Crippen molar-refractivity contribution in [2.45, 2.75) is 6.92 Å². The van der Waals surface area contributed by atoms with Crippen LogP contribution in [0.25, 0.3) is 0 Å². The molecule has 1 aliphatic heterocycles. The van der Waals surface area contributed by atoms with Gasteiger partial charge in [0.2, 0.25) is 11.9 Å². The fourth-order valence-corrected chi connectivity index (χ4v) is 2.56. The van der Waals surface area contributed by atoms with Gasteiger partial charge < -0.3 is 15.1 Å². The molecule has 0 bridgehead atoms. The zero-order valence-electron chi connectivity index (χ0n) is 13.8. The smallest absolute Gasteiger partial charge is 0.258 e. The van der Waals surface area contributed by atoms with E-state index in [1.807, 2.05) is 4.90 Å².